The quantitative estimate of drug-likeness (QED) is 0.395. The number of hydrogen-bond acceptors (Lipinski definition) is 5. The number of carbonyl (C=O) groups excluding carboxylic acids is 1. The third-order valence-electron chi connectivity index (χ3n) is 5.58. The molecule has 0 aliphatic heterocycles. The number of aliphatic carboxylic acids is 1. The lowest BCUT2D eigenvalue weighted by atomic mass is 9.98. The Hall–Kier alpha value is -4.27. The van der Waals surface area contributed by atoms with E-state index in [-0.39, 0.29) is 18.1 Å². The fourth-order valence-electron chi connectivity index (χ4n) is 4.11. The zero-order valence-electron chi connectivity index (χ0n) is 17.2. The highest BCUT2D eigenvalue weighted by Crippen LogP contribution is 2.44. The largest absolute Gasteiger partial charge is 0.481 e. The minimum Gasteiger partial charge on any atom is -0.481 e. The number of alkyl carbamates (subject to hydrolysis) is 1. The fourth-order valence-corrected chi connectivity index (χ4v) is 4.11. The Morgan fingerprint density at radius 3 is 2.24 bits per heavy atom. The van der Waals surface area contributed by atoms with E-state index in [1.54, 1.807) is 0 Å². The minimum atomic E-state index is -1.35. The number of carbonyl (C=O) groups is 2. The molecule has 4 rings (SSSR count). The molecule has 3 aromatic carbocycles. The van der Waals surface area contributed by atoms with Crippen LogP contribution in [0.3, 0.4) is 0 Å². The highest BCUT2D eigenvalue weighted by Gasteiger charge is 2.30. The molecule has 168 valence electrons. The van der Waals surface area contributed by atoms with Gasteiger partial charge in [0.15, 0.2) is 0 Å². The van der Waals surface area contributed by atoms with E-state index in [2.05, 4.69) is 5.32 Å². The molecule has 9 heteroatoms. The summed E-state index contributed by atoms with van der Waals surface area (Å²) in [4.78, 5) is 34.1. The summed E-state index contributed by atoms with van der Waals surface area (Å²) < 4.78 is 19.7. The Morgan fingerprint density at radius 1 is 1.06 bits per heavy atom. The highest BCUT2D eigenvalue weighted by atomic mass is 19.1. The maximum Gasteiger partial charge on any atom is 0.407 e. The summed E-state index contributed by atoms with van der Waals surface area (Å²) in [5, 5.41) is 22.6. The Bertz CT molecular complexity index is 1200. The van der Waals surface area contributed by atoms with Gasteiger partial charge < -0.3 is 15.2 Å². The predicted molar refractivity (Wildman–Crippen MR) is 116 cm³/mol. The van der Waals surface area contributed by atoms with Gasteiger partial charge in [0.2, 0.25) is 0 Å². The van der Waals surface area contributed by atoms with Gasteiger partial charge in [0, 0.05) is 23.6 Å². The van der Waals surface area contributed by atoms with Crippen molar-refractivity contribution in [1.29, 1.82) is 0 Å². The van der Waals surface area contributed by atoms with Crippen molar-refractivity contribution in [3.05, 3.63) is 99.4 Å². The first kappa shape index (κ1) is 21.9. The first-order valence-corrected chi connectivity index (χ1v) is 10.1. The molecule has 1 unspecified atom stereocenters. The molecule has 1 amide bonds. The first-order chi connectivity index (χ1) is 15.8. The second-order valence-electron chi connectivity index (χ2n) is 7.58. The Kier molecular flexibility index (Phi) is 6.03. The van der Waals surface area contributed by atoms with E-state index >= 15 is 0 Å². The molecule has 0 saturated carbocycles. The SMILES string of the molecule is O=C(O)CC(NC(=O)OCC1c2ccccc2-c2ccccc21)c1cc([N+](=O)[O-])ccc1F. The highest BCUT2D eigenvalue weighted by molar-refractivity contribution is 5.79. The van der Waals surface area contributed by atoms with Gasteiger partial charge in [-0.2, -0.15) is 0 Å². The van der Waals surface area contributed by atoms with Crippen molar-refractivity contribution < 1.29 is 28.7 Å². The van der Waals surface area contributed by atoms with Crippen LogP contribution in [0.15, 0.2) is 66.7 Å². The number of benzene rings is 3. The van der Waals surface area contributed by atoms with Crippen LogP contribution in [-0.4, -0.2) is 28.7 Å². The van der Waals surface area contributed by atoms with Gasteiger partial charge in [-0.05, 0) is 28.3 Å². The first-order valence-electron chi connectivity index (χ1n) is 10.1. The summed E-state index contributed by atoms with van der Waals surface area (Å²) in [6, 6.07) is 16.9. The van der Waals surface area contributed by atoms with Gasteiger partial charge in [-0.25, -0.2) is 9.18 Å². The number of nitro benzene ring substituents is 1. The molecule has 1 atom stereocenters. The number of rotatable bonds is 7. The van der Waals surface area contributed by atoms with Crippen molar-refractivity contribution in [3.8, 4) is 11.1 Å². The molecule has 0 fully saturated rings. The maximum absolute atomic E-state index is 14.3. The van der Waals surface area contributed by atoms with Crippen molar-refractivity contribution in [2.24, 2.45) is 0 Å². The van der Waals surface area contributed by atoms with E-state index in [1.807, 2.05) is 48.5 Å². The van der Waals surface area contributed by atoms with Crippen LogP contribution < -0.4 is 5.32 Å². The van der Waals surface area contributed by atoms with E-state index in [0.29, 0.717) is 0 Å². The number of non-ortho nitro benzene ring substituents is 1. The molecule has 1 aliphatic carbocycles. The van der Waals surface area contributed by atoms with E-state index in [1.165, 1.54) is 0 Å². The maximum atomic E-state index is 14.3. The Labute approximate surface area is 187 Å². The molecule has 1 aliphatic rings. The molecule has 8 nitrogen and oxygen atoms in total. The molecular weight excluding hydrogens is 431 g/mol. The number of nitrogens with zero attached hydrogens (tertiary/aromatic N) is 1. The van der Waals surface area contributed by atoms with Crippen LogP contribution in [0.5, 0.6) is 0 Å². The van der Waals surface area contributed by atoms with Crippen LogP contribution in [0.4, 0.5) is 14.9 Å². The predicted octanol–water partition coefficient (Wildman–Crippen LogP) is 4.79. The lowest BCUT2D eigenvalue weighted by Crippen LogP contribution is -2.32. The summed E-state index contributed by atoms with van der Waals surface area (Å²) in [5.41, 5.74) is 3.36. The number of halogens is 1. The van der Waals surface area contributed by atoms with Gasteiger partial charge in [-0.3, -0.25) is 14.9 Å². The average molecular weight is 450 g/mol. The van der Waals surface area contributed by atoms with Crippen LogP contribution >= 0.6 is 0 Å². The summed E-state index contributed by atoms with van der Waals surface area (Å²) in [6.45, 7) is -0.0168. The number of ether oxygens (including phenoxy) is 1. The summed E-state index contributed by atoms with van der Waals surface area (Å²) >= 11 is 0. The second kappa shape index (κ2) is 9.07. The zero-order valence-corrected chi connectivity index (χ0v) is 17.2. The summed E-state index contributed by atoms with van der Waals surface area (Å²) in [7, 11) is 0. The van der Waals surface area contributed by atoms with Crippen molar-refractivity contribution in [2.45, 2.75) is 18.4 Å². The average Bonchev–Trinajstić information content (AvgIpc) is 3.11. The molecule has 0 saturated heterocycles. The normalized spacial score (nSPS) is 13.0. The lowest BCUT2D eigenvalue weighted by Gasteiger charge is -2.19. The summed E-state index contributed by atoms with van der Waals surface area (Å²) in [5.74, 6) is -2.40. The van der Waals surface area contributed by atoms with Crippen LogP contribution in [0, 0.1) is 15.9 Å². The number of hydrogen-bond donors (Lipinski definition) is 2. The van der Waals surface area contributed by atoms with E-state index in [0.717, 1.165) is 40.5 Å². The molecule has 0 radical (unpaired) electrons. The van der Waals surface area contributed by atoms with E-state index < -0.39 is 41.0 Å². The third-order valence-corrected chi connectivity index (χ3v) is 5.58. The fraction of sp³-hybridized carbons (Fsp3) is 0.167. The number of carboxylic acids is 1. The number of nitrogens with one attached hydrogen (secondary N) is 1. The van der Waals surface area contributed by atoms with Crippen LogP contribution in [-0.2, 0) is 9.53 Å². The van der Waals surface area contributed by atoms with Crippen molar-refractivity contribution in [3.63, 3.8) is 0 Å². The molecule has 3 aromatic rings. The standard InChI is InChI=1S/C24H19FN2O6/c25-21-10-9-14(27(31)32)11-19(21)22(12-23(28)29)26-24(30)33-13-20-17-7-3-1-5-15(17)16-6-2-4-8-18(16)20/h1-11,20,22H,12-13H2,(H,26,30)(H,28,29). The zero-order chi connectivity index (χ0) is 23.5. The molecule has 0 bridgehead atoms. The van der Waals surface area contributed by atoms with Gasteiger partial charge in [0.25, 0.3) is 5.69 Å². The van der Waals surface area contributed by atoms with Crippen LogP contribution in [0.25, 0.3) is 11.1 Å². The molecular formula is C24H19FN2O6. The smallest absolute Gasteiger partial charge is 0.407 e. The number of nitro groups is 1. The van der Waals surface area contributed by atoms with E-state index in [4.69, 9.17) is 4.74 Å². The van der Waals surface area contributed by atoms with Gasteiger partial charge in [0.1, 0.15) is 12.4 Å². The lowest BCUT2D eigenvalue weighted by molar-refractivity contribution is -0.385. The third kappa shape index (κ3) is 4.52. The summed E-state index contributed by atoms with van der Waals surface area (Å²) in [6.07, 6.45) is -1.63. The molecule has 2 N–H and O–H groups in total. The molecule has 0 heterocycles. The second-order valence-corrected chi connectivity index (χ2v) is 7.58. The van der Waals surface area contributed by atoms with Crippen molar-refractivity contribution in [2.75, 3.05) is 6.61 Å². The Balaban J connectivity index is 1.52. The van der Waals surface area contributed by atoms with Crippen molar-refractivity contribution >= 4 is 17.7 Å². The Morgan fingerprint density at radius 2 is 1.67 bits per heavy atom. The van der Waals surface area contributed by atoms with Gasteiger partial charge >= 0.3 is 12.1 Å². The number of fused-ring (bicyclic) bond motifs is 3. The molecule has 0 spiro atoms. The van der Waals surface area contributed by atoms with E-state index in [9.17, 15) is 29.2 Å². The molecule has 33 heavy (non-hydrogen) atoms. The van der Waals surface area contributed by atoms with Crippen molar-refractivity contribution in [1.82, 2.24) is 5.32 Å². The van der Waals surface area contributed by atoms with Gasteiger partial charge in [-0.1, -0.05) is 48.5 Å². The monoisotopic (exact) mass is 450 g/mol. The van der Waals surface area contributed by atoms with Crippen LogP contribution in [0.2, 0.25) is 0 Å². The topological polar surface area (TPSA) is 119 Å². The molecule has 0 aromatic heterocycles. The van der Waals surface area contributed by atoms with Gasteiger partial charge in [0.05, 0.1) is 17.4 Å². The minimum absolute atomic E-state index is 0.0168. The number of carboxylic acid groups (broad SMARTS) is 1. The van der Waals surface area contributed by atoms with Gasteiger partial charge in [-0.15, -0.1) is 0 Å². The van der Waals surface area contributed by atoms with Crippen LogP contribution in [0.1, 0.15) is 35.1 Å². The number of amides is 1.